The number of benzene rings is 2. The molecular formula is C23H24BrClFNO4. The zero-order chi connectivity index (χ0) is 22.6. The molecule has 5 nitrogen and oxygen atoms in total. The number of nitrogens with zero attached hydrogens (tertiary/aromatic N) is 1. The Morgan fingerprint density at radius 2 is 2.03 bits per heavy atom. The number of ether oxygens (including phenoxy) is 2. The average Bonchev–Trinajstić information content (AvgIpc) is 3.29. The number of carbonyl (C=O) groups is 1. The summed E-state index contributed by atoms with van der Waals surface area (Å²) in [6.45, 7) is 5.89. The molecule has 4 rings (SSSR count). The number of hydrogen-bond donors (Lipinski definition) is 1. The number of aliphatic hydroxyl groups is 1. The van der Waals surface area contributed by atoms with Gasteiger partial charge in [0.1, 0.15) is 23.3 Å². The Labute approximate surface area is 194 Å². The molecule has 8 heteroatoms. The molecule has 0 unspecified atom stereocenters. The highest BCUT2D eigenvalue weighted by Crippen LogP contribution is 2.57. The molecule has 2 aliphatic rings. The van der Waals surface area contributed by atoms with Gasteiger partial charge in [-0.3, -0.25) is 0 Å². The van der Waals surface area contributed by atoms with E-state index in [0.29, 0.717) is 24.1 Å². The second kappa shape index (κ2) is 7.94. The first kappa shape index (κ1) is 22.4. The van der Waals surface area contributed by atoms with Crippen molar-refractivity contribution in [2.45, 2.75) is 57.0 Å². The lowest BCUT2D eigenvalue weighted by molar-refractivity contribution is -0.0862. The lowest BCUT2D eigenvalue weighted by Crippen LogP contribution is -2.55. The van der Waals surface area contributed by atoms with E-state index in [1.807, 2.05) is 51.1 Å². The molecule has 1 fully saturated rings. The fraction of sp³-hybridized carbons (Fsp3) is 0.435. The van der Waals surface area contributed by atoms with Crippen LogP contribution in [0.3, 0.4) is 0 Å². The van der Waals surface area contributed by atoms with Crippen molar-refractivity contribution in [3.8, 4) is 5.75 Å². The van der Waals surface area contributed by atoms with Crippen molar-refractivity contribution in [2.24, 2.45) is 0 Å². The lowest BCUT2D eigenvalue weighted by Gasteiger charge is -2.42. The number of rotatable bonds is 2. The summed E-state index contributed by atoms with van der Waals surface area (Å²) in [5, 5.41) is 11.5. The Morgan fingerprint density at radius 3 is 2.68 bits per heavy atom. The van der Waals surface area contributed by atoms with Crippen LogP contribution < -0.4 is 4.74 Å². The van der Waals surface area contributed by atoms with Gasteiger partial charge < -0.3 is 19.5 Å². The minimum atomic E-state index is -1.34. The third kappa shape index (κ3) is 3.70. The Kier molecular flexibility index (Phi) is 5.73. The van der Waals surface area contributed by atoms with Gasteiger partial charge in [-0.25, -0.2) is 9.18 Å². The standard InChI is InChI=1S/C23H24BrClFNO4/c1-22(2,3)31-21(29)27-11-7-10-16(27)23(13-8-5-4-6-9-13)20(28)17-15(30-23)12-14(26)19(25)18(17)24/h4-6,8-9,12,16,20,28H,7,10-11H2,1-3H3/t16-,20-,23-/m0/s1. The van der Waals surface area contributed by atoms with Crippen molar-refractivity contribution in [3.05, 3.63) is 62.8 Å². The van der Waals surface area contributed by atoms with Gasteiger partial charge in [-0.2, -0.15) is 0 Å². The van der Waals surface area contributed by atoms with Crippen LogP contribution in [-0.4, -0.2) is 34.3 Å². The predicted octanol–water partition coefficient (Wildman–Crippen LogP) is 5.96. The molecule has 1 saturated heterocycles. The third-order valence-corrected chi connectivity index (χ3v) is 7.14. The van der Waals surface area contributed by atoms with E-state index in [-0.39, 0.29) is 15.2 Å². The van der Waals surface area contributed by atoms with Crippen molar-refractivity contribution >= 4 is 33.6 Å². The molecular weight excluding hydrogens is 489 g/mol. The van der Waals surface area contributed by atoms with Gasteiger partial charge in [-0.15, -0.1) is 0 Å². The highest BCUT2D eigenvalue weighted by atomic mass is 79.9. The Bertz CT molecular complexity index is 1010. The number of amides is 1. The minimum absolute atomic E-state index is 0.124. The summed E-state index contributed by atoms with van der Waals surface area (Å²) in [5.41, 5.74) is -0.952. The van der Waals surface area contributed by atoms with E-state index < -0.39 is 35.3 Å². The van der Waals surface area contributed by atoms with Gasteiger partial charge in [0.15, 0.2) is 5.60 Å². The molecule has 2 heterocycles. The number of carbonyl (C=O) groups excluding carboxylic acids is 1. The molecule has 31 heavy (non-hydrogen) atoms. The van der Waals surface area contributed by atoms with E-state index in [1.165, 1.54) is 6.07 Å². The van der Waals surface area contributed by atoms with Crippen molar-refractivity contribution in [1.29, 1.82) is 0 Å². The smallest absolute Gasteiger partial charge is 0.410 e. The van der Waals surface area contributed by atoms with Crippen LogP contribution in [0.4, 0.5) is 9.18 Å². The highest BCUT2D eigenvalue weighted by molar-refractivity contribution is 9.10. The zero-order valence-electron chi connectivity index (χ0n) is 17.5. The second-order valence-electron chi connectivity index (χ2n) is 8.89. The summed E-state index contributed by atoms with van der Waals surface area (Å²) in [5.74, 6) is -0.458. The van der Waals surface area contributed by atoms with Crippen molar-refractivity contribution in [1.82, 2.24) is 4.90 Å². The number of hydrogen-bond acceptors (Lipinski definition) is 4. The number of likely N-dealkylation sites (tertiary alicyclic amines) is 1. The molecule has 0 bridgehead atoms. The molecule has 1 amide bonds. The van der Waals surface area contributed by atoms with Gasteiger partial charge in [0.05, 0.1) is 11.1 Å². The molecule has 3 atom stereocenters. The van der Waals surface area contributed by atoms with Gasteiger partial charge in [0.25, 0.3) is 0 Å². The summed E-state index contributed by atoms with van der Waals surface area (Å²) in [4.78, 5) is 14.6. The van der Waals surface area contributed by atoms with Crippen molar-refractivity contribution in [3.63, 3.8) is 0 Å². The monoisotopic (exact) mass is 511 g/mol. The summed E-state index contributed by atoms with van der Waals surface area (Å²) >= 11 is 9.43. The van der Waals surface area contributed by atoms with E-state index in [9.17, 15) is 14.3 Å². The van der Waals surface area contributed by atoms with Crippen LogP contribution in [0.1, 0.15) is 50.8 Å². The number of aliphatic hydroxyl groups excluding tert-OH is 1. The Hall–Kier alpha value is -1.83. The molecule has 0 spiro atoms. The fourth-order valence-corrected chi connectivity index (χ4v) is 5.25. The molecule has 0 saturated carbocycles. The van der Waals surface area contributed by atoms with E-state index >= 15 is 0 Å². The van der Waals surface area contributed by atoms with E-state index in [2.05, 4.69) is 15.9 Å². The van der Waals surface area contributed by atoms with Gasteiger partial charge >= 0.3 is 6.09 Å². The molecule has 2 aromatic carbocycles. The predicted molar refractivity (Wildman–Crippen MR) is 119 cm³/mol. The zero-order valence-corrected chi connectivity index (χ0v) is 19.8. The summed E-state index contributed by atoms with van der Waals surface area (Å²) in [6, 6.07) is 9.87. The molecule has 0 aliphatic carbocycles. The topological polar surface area (TPSA) is 59.0 Å². The van der Waals surface area contributed by atoms with Crippen LogP contribution in [0.25, 0.3) is 0 Å². The molecule has 0 radical (unpaired) electrons. The first-order chi connectivity index (χ1) is 14.6. The maximum atomic E-state index is 14.4. The van der Waals surface area contributed by atoms with Gasteiger partial charge in [-0.1, -0.05) is 41.9 Å². The maximum absolute atomic E-state index is 14.4. The first-order valence-corrected chi connectivity index (χ1v) is 11.3. The van der Waals surface area contributed by atoms with Gasteiger partial charge in [-0.05, 0) is 49.5 Å². The Morgan fingerprint density at radius 1 is 1.35 bits per heavy atom. The van der Waals surface area contributed by atoms with Crippen LogP contribution in [0.2, 0.25) is 5.02 Å². The normalized spacial score (nSPS) is 25.3. The van der Waals surface area contributed by atoms with Crippen LogP contribution in [0, 0.1) is 5.82 Å². The molecule has 2 aromatic rings. The number of halogens is 3. The van der Waals surface area contributed by atoms with Crippen molar-refractivity contribution in [2.75, 3.05) is 6.54 Å². The third-order valence-electron chi connectivity index (χ3n) is 5.72. The maximum Gasteiger partial charge on any atom is 0.410 e. The summed E-state index contributed by atoms with van der Waals surface area (Å²) in [7, 11) is 0. The molecule has 2 aliphatic heterocycles. The first-order valence-electron chi connectivity index (χ1n) is 10.2. The summed E-state index contributed by atoms with van der Waals surface area (Å²) in [6.07, 6.45) is -0.348. The fourth-order valence-electron chi connectivity index (χ4n) is 4.49. The van der Waals surface area contributed by atoms with E-state index in [4.69, 9.17) is 21.1 Å². The largest absolute Gasteiger partial charge is 0.477 e. The molecule has 0 aromatic heterocycles. The van der Waals surface area contributed by atoms with Crippen LogP contribution in [-0.2, 0) is 10.3 Å². The van der Waals surface area contributed by atoms with E-state index in [0.717, 1.165) is 6.42 Å². The lowest BCUT2D eigenvalue weighted by atomic mass is 9.79. The van der Waals surface area contributed by atoms with Gasteiger partial charge in [0, 0.05) is 28.2 Å². The minimum Gasteiger partial charge on any atom is -0.477 e. The van der Waals surface area contributed by atoms with Crippen LogP contribution in [0.15, 0.2) is 40.9 Å². The SMILES string of the molecule is CC(C)(C)OC(=O)N1CCC[C@H]1[C@]1(c2ccccc2)Oc2cc(F)c(Cl)c(Br)c2[C@@H]1O. The second-order valence-corrected chi connectivity index (χ2v) is 10.1. The van der Waals surface area contributed by atoms with Crippen molar-refractivity contribution < 1.29 is 23.8 Å². The van der Waals surface area contributed by atoms with Gasteiger partial charge in [0.2, 0.25) is 0 Å². The average molecular weight is 513 g/mol. The quantitative estimate of drug-likeness (QED) is 0.504. The van der Waals surface area contributed by atoms with Crippen LogP contribution >= 0.6 is 27.5 Å². The molecule has 166 valence electrons. The highest BCUT2D eigenvalue weighted by Gasteiger charge is 2.59. The molecule has 1 N–H and O–H groups in total. The van der Waals surface area contributed by atoms with Crippen LogP contribution in [0.5, 0.6) is 5.75 Å². The number of fused-ring (bicyclic) bond motifs is 1. The van der Waals surface area contributed by atoms with E-state index in [1.54, 1.807) is 4.90 Å². The Balaban J connectivity index is 1.85. The summed E-state index contributed by atoms with van der Waals surface area (Å²) < 4.78 is 26.6.